The van der Waals surface area contributed by atoms with Crippen molar-refractivity contribution in [1.82, 2.24) is 10.6 Å². The number of hydrogen-bond acceptors (Lipinski definition) is 5. The molecular weight excluding hydrogens is 556 g/mol. The molecule has 0 aliphatic heterocycles. The quantitative estimate of drug-likeness (QED) is 0.156. The predicted octanol–water partition coefficient (Wildman–Crippen LogP) is 8.77. The van der Waals surface area contributed by atoms with Crippen molar-refractivity contribution in [3.05, 3.63) is 146 Å². The van der Waals surface area contributed by atoms with Crippen molar-refractivity contribution in [2.75, 3.05) is 35.2 Å². The van der Waals surface area contributed by atoms with Crippen LogP contribution in [0, 0.1) is 0 Å². The summed E-state index contributed by atoms with van der Waals surface area (Å²) in [6, 6.07) is 48.0. The molecule has 4 aromatic rings. The van der Waals surface area contributed by atoms with Gasteiger partial charge in [-0.05, 0) is 42.0 Å². The van der Waals surface area contributed by atoms with Gasteiger partial charge < -0.3 is 26.9 Å². The number of amides is 1. The summed E-state index contributed by atoms with van der Waals surface area (Å²) in [5.41, 5.74) is 9.00. The number of benzene rings is 4. The molecule has 0 aliphatic rings. The van der Waals surface area contributed by atoms with E-state index in [1.54, 1.807) is 7.05 Å². The Hall–Kier alpha value is -4.10. The molecule has 0 spiro atoms. The minimum atomic E-state index is 0. The summed E-state index contributed by atoms with van der Waals surface area (Å²) in [7, 11) is 8.35. The molecule has 6 N–H and O–H groups in total. The lowest BCUT2D eigenvalue weighted by Gasteiger charge is -1.80. The summed E-state index contributed by atoms with van der Waals surface area (Å²) >= 11 is 0. The fraction of sp³-hybridized carbons (Fsp3) is 0.333. The Balaban J connectivity index is -0.0000000573. The Morgan fingerprint density at radius 3 is 0.444 bits per heavy atom. The normalized spacial score (nSPS) is 6.53. The minimum absolute atomic E-state index is 0. The molecule has 6 nitrogen and oxygen atoms in total. The summed E-state index contributed by atoms with van der Waals surface area (Å²) in [5, 5.41) is 5.14. The number of hydrogen-bond donors (Lipinski definition) is 4. The molecule has 0 aliphatic carbocycles. The van der Waals surface area contributed by atoms with E-state index in [1.165, 1.54) is 34.9 Å². The molecule has 0 saturated carbocycles. The van der Waals surface area contributed by atoms with Crippen molar-refractivity contribution in [2.24, 2.45) is 11.5 Å². The van der Waals surface area contributed by atoms with Crippen molar-refractivity contribution in [1.29, 1.82) is 0 Å². The second kappa shape index (κ2) is 77.6. The lowest BCUT2D eigenvalue weighted by atomic mass is 10.4. The SMILES string of the molecule is C.CC.CC.CC(C)=O.CN.CN.CNC.CNC(C)=O.c1ccccc1.c1ccccc1.c1ccccc1.c1ccccc1. The average Bonchev–Trinajstić information content (AvgIpc) is 3.12. The van der Waals surface area contributed by atoms with E-state index in [2.05, 4.69) is 22.1 Å². The molecule has 6 heteroatoms. The molecule has 0 radical (unpaired) electrons. The summed E-state index contributed by atoms with van der Waals surface area (Å²) in [4.78, 5) is 19.1. The highest BCUT2D eigenvalue weighted by Crippen LogP contribution is 1.81. The van der Waals surface area contributed by atoms with Crippen LogP contribution < -0.4 is 22.1 Å². The van der Waals surface area contributed by atoms with E-state index in [0.717, 1.165) is 0 Å². The first-order valence-electron chi connectivity index (χ1n) is 14.8. The molecular formula is C39H70N4O2. The molecule has 258 valence electrons. The van der Waals surface area contributed by atoms with Crippen LogP contribution in [0.1, 0.15) is 55.9 Å². The van der Waals surface area contributed by atoms with Crippen molar-refractivity contribution in [2.45, 2.75) is 55.9 Å². The van der Waals surface area contributed by atoms with Gasteiger partial charge >= 0.3 is 0 Å². The van der Waals surface area contributed by atoms with Gasteiger partial charge in [-0.3, -0.25) is 4.79 Å². The van der Waals surface area contributed by atoms with Gasteiger partial charge in [-0.25, -0.2) is 0 Å². The molecule has 1 amide bonds. The molecule has 0 saturated heterocycles. The van der Waals surface area contributed by atoms with E-state index in [9.17, 15) is 9.59 Å². The van der Waals surface area contributed by atoms with Gasteiger partial charge in [0.2, 0.25) is 5.91 Å². The van der Waals surface area contributed by atoms with Crippen LogP contribution >= 0.6 is 0 Å². The van der Waals surface area contributed by atoms with Crippen LogP contribution in [0.15, 0.2) is 146 Å². The van der Waals surface area contributed by atoms with E-state index in [1.807, 2.05) is 187 Å². The number of carbonyl (C=O) groups is 2. The van der Waals surface area contributed by atoms with Gasteiger partial charge in [0.05, 0.1) is 0 Å². The third-order valence-electron chi connectivity index (χ3n) is 3.02. The zero-order valence-corrected chi connectivity index (χ0v) is 29.8. The molecule has 0 unspecified atom stereocenters. The molecule has 0 heterocycles. The number of Topliss-reactive ketones (excluding diaryl/α,β-unsaturated/α-hetero) is 1. The van der Waals surface area contributed by atoms with Crippen LogP contribution in [0.25, 0.3) is 0 Å². The summed E-state index contributed by atoms with van der Waals surface area (Å²) in [6.07, 6.45) is 0. The second-order valence-electron chi connectivity index (χ2n) is 6.83. The highest BCUT2D eigenvalue weighted by Gasteiger charge is 1.72. The van der Waals surface area contributed by atoms with E-state index in [4.69, 9.17) is 0 Å². The third-order valence-corrected chi connectivity index (χ3v) is 3.02. The van der Waals surface area contributed by atoms with Gasteiger partial charge in [-0.1, -0.05) is 181 Å². The molecule has 0 bridgehead atoms. The summed E-state index contributed by atoms with van der Waals surface area (Å²) < 4.78 is 0. The molecule has 0 aromatic heterocycles. The Labute approximate surface area is 279 Å². The van der Waals surface area contributed by atoms with Crippen LogP contribution in [0.5, 0.6) is 0 Å². The fourth-order valence-corrected chi connectivity index (χ4v) is 1.54. The monoisotopic (exact) mass is 627 g/mol. The molecule has 0 fully saturated rings. The minimum Gasteiger partial charge on any atom is -0.359 e. The summed E-state index contributed by atoms with van der Waals surface area (Å²) in [6.45, 7) is 12.5. The first-order chi connectivity index (χ1) is 21.4. The Kier molecular flexibility index (Phi) is 104. The zero-order valence-electron chi connectivity index (χ0n) is 29.8. The molecule has 4 rings (SSSR count). The van der Waals surface area contributed by atoms with E-state index in [0.29, 0.717) is 0 Å². The summed E-state index contributed by atoms with van der Waals surface area (Å²) in [5.74, 6) is 0.171. The van der Waals surface area contributed by atoms with Crippen molar-refractivity contribution < 1.29 is 9.59 Å². The number of ketones is 1. The van der Waals surface area contributed by atoms with E-state index < -0.39 is 0 Å². The van der Waals surface area contributed by atoms with Crippen LogP contribution in [-0.2, 0) is 9.59 Å². The van der Waals surface area contributed by atoms with Crippen LogP contribution in [-0.4, -0.2) is 46.9 Å². The van der Waals surface area contributed by atoms with E-state index >= 15 is 0 Å². The van der Waals surface area contributed by atoms with E-state index in [-0.39, 0.29) is 19.1 Å². The van der Waals surface area contributed by atoms with Crippen molar-refractivity contribution in [3.63, 3.8) is 0 Å². The maximum Gasteiger partial charge on any atom is 0.216 e. The molecule has 45 heavy (non-hydrogen) atoms. The fourth-order valence-electron chi connectivity index (χ4n) is 1.54. The van der Waals surface area contributed by atoms with Gasteiger partial charge in [0, 0.05) is 14.0 Å². The van der Waals surface area contributed by atoms with Crippen molar-refractivity contribution in [3.8, 4) is 0 Å². The third kappa shape index (κ3) is 119. The average molecular weight is 627 g/mol. The number of nitrogens with two attached hydrogens (primary N) is 2. The Bertz CT molecular complexity index is 645. The van der Waals surface area contributed by atoms with Gasteiger partial charge in [-0.2, -0.15) is 0 Å². The number of rotatable bonds is 0. The van der Waals surface area contributed by atoms with Gasteiger partial charge in [0.1, 0.15) is 5.78 Å². The second-order valence-corrected chi connectivity index (χ2v) is 6.83. The lowest BCUT2D eigenvalue weighted by molar-refractivity contribution is -0.118. The maximum absolute atomic E-state index is 9.70. The molecule has 0 atom stereocenters. The predicted molar refractivity (Wildman–Crippen MR) is 206 cm³/mol. The number of nitrogens with one attached hydrogen (secondary N) is 2. The highest BCUT2D eigenvalue weighted by molar-refractivity contribution is 5.72. The highest BCUT2D eigenvalue weighted by atomic mass is 16.1. The standard InChI is InChI=1S/4C6H6.C3H7NO.C3H6O.C2H7N.2C2H6.2CH5N.CH4/c4*1-2-4-6-5-3-1;1-3(5)4-2;1-3(2)4;1-3-2;4*1-2;/h4*1-6H;1-2H3,(H,4,5);1-2H3;3H,1-2H3;2*1-2H3;2*2H2,1H3;1H4. The van der Waals surface area contributed by atoms with Crippen LogP contribution in [0.3, 0.4) is 0 Å². The smallest absolute Gasteiger partial charge is 0.216 e. The Morgan fingerprint density at radius 2 is 0.422 bits per heavy atom. The zero-order chi connectivity index (χ0) is 35.5. The number of carbonyl (C=O) groups excluding carboxylic acids is 2. The van der Waals surface area contributed by atoms with Crippen LogP contribution in [0.2, 0.25) is 0 Å². The van der Waals surface area contributed by atoms with Crippen LogP contribution in [0.4, 0.5) is 0 Å². The van der Waals surface area contributed by atoms with Gasteiger partial charge in [0.25, 0.3) is 0 Å². The maximum atomic E-state index is 9.70. The van der Waals surface area contributed by atoms with Gasteiger partial charge in [0.15, 0.2) is 0 Å². The topological polar surface area (TPSA) is 110 Å². The van der Waals surface area contributed by atoms with Gasteiger partial charge in [-0.15, -0.1) is 0 Å². The first-order valence-corrected chi connectivity index (χ1v) is 14.8. The molecule has 4 aromatic carbocycles. The largest absolute Gasteiger partial charge is 0.359 e. The Morgan fingerprint density at radius 1 is 0.378 bits per heavy atom. The lowest BCUT2D eigenvalue weighted by Crippen LogP contribution is -2.11. The van der Waals surface area contributed by atoms with Crippen molar-refractivity contribution >= 4 is 11.7 Å². The first kappa shape index (κ1) is 60.2.